The second kappa shape index (κ2) is 8.00. The maximum atomic E-state index is 12.3. The van der Waals surface area contributed by atoms with Gasteiger partial charge < -0.3 is 20.2 Å². The average Bonchev–Trinajstić information content (AvgIpc) is 2.66. The molecule has 0 radical (unpaired) electrons. The summed E-state index contributed by atoms with van der Waals surface area (Å²) in [5, 5.41) is 23.2. The van der Waals surface area contributed by atoms with Gasteiger partial charge in [-0.25, -0.2) is 4.98 Å². The van der Waals surface area contributed by atoms with Gasteiger partial charge in [-0.3, -0.25) is 14.9 Å². The van der Waals surface area contributed by atoms with Gasteiger partial charge in [-0.1, -0.05) is 6.07 Å². The highest BCUT2D eigenvalue weighted by molar-refractivity contribution is 5.95. The summed E-state index contributed by atoms with van der Waals surface area (Å²) in [5.74, 6) is -0.113. The van der Waals surface area contributed by atoms with E-state index >= 15 is 0 Å². The number of amides is 1. The molecular formula is C18H21N5O4. The lowest BCUT2D eigenvalue weighted by Crippen LogP contribution is -2.45. The van der Waals surface area contributed by atoms with Crippen LogP contribution in [0.15, 0.2) is 36.5 Å². The van der Waals surface area contributed by atoms with Gasteiger partial charge in [0, 0.05) is 56.1 Å². The third kappa shape index (κ3) is 4.32. The molecule has 2 aromatic rings. The standard InChI is InChI=1S/C18H21N5O4/c1-21-7-9-22(10-8-21)17-14(3-2-6-19-17)12-20-18(25)13-4-5-15(23(26)27)16(24)11-13/h2-6,11,24H,7-10,12H2,1H3,(H,20,25). The number of phenolic OH excluding ortho intramolecular Hbond substituents is 1. The van der Waals surface area contributed by atoms with Crippen LogP contribution in [0.1, 0.15) is 15.9 Å². The highest BCUT2D eigenvalue weighted by Crippen LogP contribution is 2.26. The first kappa shape index (κ1) is 18.6. The van der Waals surface area contributed by atoms with Crippen LogP contribution in [0.3, 0.4) is 0 Å². The smallest absolute Gasteiger partial charge is 0.310 e. The minimum absolute atomic E-state index is 0.156. The number of hydrogen-bond acceptors (Lipinski definition) is 7. The van der Waals surface area contributed by atoms with Crippen LogP contribution in [0.25, 0.3) is 0 Å². The summed E-state index contributed by atoms with van der Waals surface area (Å²) in [4.78, 5) is 31.3. The van der Waals surface area contributed by atoms with Crippen molar-refractivity contribution in [3.05, 3.63) is 57.8 Å². The van der Waals surface area contributed by atoms with Crippen molar-refractivity contribution in [2.45, 2.75) is 6.54 Å². The number of rotatable bonds is 5. The quantitative estimate of drug-likeness (QED) is 0.603. The zero-order valence-electron chi connectivity index (χ0n) is 15.0. The fourth-order valence-corrected chi connectivity index (χ4v) is 2.97. The predicted octanol–water partition coefficient (Wildman–Crippen LogP) is 1.38. The molecule has 9 nitrogen and oxygen atoms in total. The van der Waals surface area contributed by atoms with E-state index < -0.39 is 22.3 Å². The van der Waals surface area contributed by atoms with Crippen molar-refractivity contribution in [1.29, 1.82) is 0 Å². The maximum Gasteiger partial charge on any atom is 0.310 e. The molecule has 1 fully saturated rings. The van der Waals surface area contributed by atoms with Crippen LogP contribution in [0, 0.1) is 10.1 Å². The van der Waals surface area contributed by atoms with Gasteiger partial charge in [-0.15, -0.1) is 0 Å². The van der Waals surface area contributed by atoms with Gasteiger partial charge in [0.15, 0.2) is 5.75 Å². The second-order valence-corrected chi connectivity index (χ2v) is 6.42. The number of nitro benzene ring substituents is 1. The lowest BCUT2D eigenvalue weighted by Gasteiger charge is -2.34. The molecule has 1 aromatic heterocycles. The summed E-state index contributed by atoms with van der Waals surface area (Å²) >= 11 is 0. The molecule has 1 amide bonds. The number of benzene rings is 1. The first-order valence-electron chi connectivity index (χ1n) is 8.58. The summed E-state index contributed by atoms with van der Waals surface area (Å²) < 4.78 is 0. The van der Waals surface area contributed by atoms with Crippen LogP contribution >= 0.6 is 0 Å². The molecule has 2 N–H and O–H groups in total. The van der Waals surface area contributed by atoms with Crippen LogP contribution in [0.2, 0.25) is 0 Å². The summed E-state index contributed by atoms with van der Waals surface area (Å²) in [6.45, 7) is 3.90. The van der Waals surface area contributed by atoms with E-state index in [-0.39, 0.29) is 12.1 Å². The number of nitrogens with zero attached hydrogens (tertiary/aromatic N) is 4. The Morgan fingerprint density at radius 3 is 2.70 bits per heavy atom. The lowest BCUT2D eigenvalue weighted by molar-refractivity contribution is -0.385. The van der Waals surface area contributed by atoms with Gasteiger partial charge in [0.25, 0.3) is 5.91 Å². The number of nitrogens with one attached hydrogen (secondary N) is 1. The van der Waals surface area contributed by atoms with E-state index in [9.17, 15) is 20.0 Å². The Morgan fingerprint density at radius 2 is 2.04 bits per heavy atom. The van der Waals surface area contributed by atoms with Crippen molar-refractivity contribution in [3.63, 3.8) is 0 Å². The van der Waals surface area contributed by atoms with Crippen molar-refractivity contribution < 1.29 is 14.8 Å². The molecule has 1 aliphatic rings. The minimum Gasteiger partial charge on any atom is -0.502 e. The summed E-state index contributed by atoms with van der Waals surface area (Å²) in [6, 6.07) is 7.26. The van der Waals surface area contributed by atoms with Crippen molar-refractivity contribution >= 4 is 17.4 Å². The number of nitro groups is 1. The number of phenols is 1. The Kier molecular flexibility index (Phi) is 5.51. The number of likely N-dealkylation sites (N-methyl/N-ethyl adjacent to an activating group) is 1. The van der Waals surface area contributed by atoms with Crippen LogP contribution < -0.4 is 10.2 Å². The molecule has 0 unspecified atom stereocenters. The van der Waals surface area contributed by atoms with Crippen molar-refractivity contribution in [3.8, 4) is 5.75 Å². The van der Waals surface area contributed by atoms with Gasteiger partial charge in [0.1, 0.15) is 5.82 Å². The molecule has 27 heavy (non-hydrogen) atoms. The third-order valence-corrected chi connectivity index (χ3v) is 4.54. The number of hydrogen-bond donors (Lipinski definition) is 2. The molecule has 2 heterocycles. The number of piperazine rings is 1. The predicted molar refractivity (Wildman–Crippen MR) is 99.9 cm³/mol. The van der Waals surface area contributed by atoms with Crippen LogP contribution in [0.5, 0.6) is 5.75 Å². The van der Waals surface area contributed by atoms with E-state index in [0.29, 0.717) is 0 Å². The van der Waals surface area contributed by atoms with Crippen LogP contribution in [-0.2, 0) is 6.54 Å². The normalized spacial score (nSPS) is 14.8. The van der Waals surface area contributed by atoms with E-state index in [1.165, 1.54) is 6.07 Å². The average molecular weight is 371 g/mol. The van der Waals surface area contributed by atoms with Crippen molar-refractivity contribution in [2.75, 3.05) is 38.1 Å². The first-order valence-corrected chi connectivity index (χ1v) is 8.58. The van der Waals surface area contributed by atoms with Gasteiger partial charge in [0.05, 0.1) is 4.92 Å². The largest absolute Gasteiger partial charge is 0.502 e. The highest BCUT2D eigenvalue weighted by atomic mass is 16.6. The minimum atomic E-state index is -0.699. The topological polar surface area (TPSA) is 112 Å². The molecule has 9 heteroatoms. The van der Waals surface area contributed by atoms with Gasteiger partial charge >= 0.3 is 5.69 Å². The Hall–Kier alpha value is -3.20. The molecule has 3 rings (SSSR count). The third-order valence-electron chi connectivity index (χ3n) is 4.54. The highest BCUT2D eigenvalue weighted by Gasteiger charge is 2.19. The zero-order valence-corrected chi connectivity index (χ0v) is 15.0. The zero-order chi connectivity index (χ0) is 19.4. The second-order valence-electron chi connectivity index (χ2n) is 6.42. The maximum absolute atomic E-state index is 12.3. The van der Waals surface area contributed by atoms with E-state index in [2.05, 4.69) is 27.1 Å². The Balaban J connectivity index is 1.69. The number of pyridine rings is 1. The number of aromatic hydroxyl groups is 1. The number of carbonyl (C=O) groups is 1. The molecule has 1 aliphatic heterocycles. The number of anilines is 1. The van der Waals surface area contributed by atoms with E-state index in [0.717, 1.165) is 49.7 Å². The lowest BCUT2D eigenvalue weighted by atomic mass is 10.1. The van der Waals surface area contributed by atoms with E-state index in [4.69, 9.17) is 0 Å². The molecule has 0 aliphatic carbocycles. The Labute approximate surface area is 156 Å². The summed E-state index contributed by atoms with van der Waals surface area (Å²) in [6.07, 6.45) is 1.73. The van der Waals surface area contributed by atoms with Gasteiger partial charge in [0.2, 0.25) is 0 Å². The van der Waals surface area contributed by atoms with Crippen LogP contribution in [-0.4, -0.2) is 59.0 Å². The van der Waals surface area contributed by atoms with E-state index in [1.54, 1.807) is 6.20 Å². The molecule has 142 valence electrons. The molecule has 1 saturated heterocycles. The molecule has 0 saturated carbocycles. The fraction of sp³-hybridized carbons (Fsp3) is 0.333. The van der Waals surface area contributed by atoms with Crippen LogP contribution in [0.4, 0.5) is 11.5 Å². The molecule has 0 bridgehead atoms. The first-order chi connectivity index (χ1) is 13.0. The fourth-order valence-electron chi connectivity index (χ4n) is 2.97. The summed E-state index contributed by atoms with van der Waals surface area (Å²) in [5.41, 5.74) is 0.612. The number of carbonyl (C=O) groups excluding carboxylic acids is 1. The van der Waals surface area contributed by atoms with Crippen molar-refractivity contribution in [1.82, 2.24) is 15.2 Å². The molecule has 0 spiro atoms. The summed E-state index contributed by atoms with van der Waals surface area (Å²) in [7, 11) is 2.08. The molecule has 0 atom stereocenters. The molecular weight excluding hydrogens is 350 g/mol. The Morgan fingerprint density at radius 1 is 1.30 bits per heavy atom. The van der Waals surface area contributed by atoms with Gasteiger partial charge in [-0.05, 0) is 25.2 Å². The monoisotopic (exact) mass is 371 g/mol. The van der Waals surface area contributed by atoms with Gasteiger partial charge in [-0.2, -0.15) is 0 Å². The Bertz CT molecular complexity index is 849. The number of aromatic nitrogens is 1. The molecule has 1 aromatic carbocycles. The SMILES string of the molecule is CN1CCN(c2ncccc2CNC(=O)c2ccc([N+](=O)[O-])c(O)c2)CC1. The van der Waals surface area contributed by atoms with E-state index in [1.807, 2.05) is 12.1 Å². The van der Waals surface area contributed by atoms with Crippen molar-refractivity contribution in [2.24, 2.45) is 0 Å².